The number of hydrogen-bond donors (Lipinski definition) is 1. The zero-order valence-corrected chi connectivity index (χ0v) is 11.1. The van der Waals surface area contributed by atoms with E-state index in [0.717, 1.165) is 17.7 Å². The van der Waals surface area contributed by atoms with Gasteiger partial charge in [-0.1, -0.05) is 18.2 Å². The third-order valence-electron chi connectivity index (χ3n) is 3.14. The average Bonchev–Trinajstić information content (AvgIpc) is 3.06. The van der Waals surface area contributed by atoms with Gasteiger partial charge < -0.3 is 4.42 Å². The average molecular weight is 278 g/mol. The Morgan fingerprint density at radius 1 is 1.21 bits per heavy atom. The topological polar surface area (TPSA) is 62.6 Å². The first-order valence-electron chi connectivity index (χ1n) is 6.04. The number of fused-ring (bicyclic) bond motifs is 1. The Hall–Kier alpha value is -1.79. The second-order valence-electron chi connectivity index (χ2n) is 4.36. The SMILES string of the molecule is O=S(=O)(NCc1ccco1)N1CCc2ccccc21. The normalized spacial score (nSPS) is 14.6. The lowest BCUT2D eigenvalue weighted by atomic mass is 10.2. The summed E-state index contributed by atoms with van der Waals surface area (Å²) < 4.78 is 33.6. The number of nitrogens with zero attached hydrogens (tertiary/aromatic N) is 1. The largest absolute Gasteiger partial charge is 0.468 e. The van der Waals surface area contributed by atoms with Crippen LogP contribution in [0.4, 0.5) is 5.69 Å². The molecule has 3 rings (SSSR count). The van der Waals surface area contributed by atoms with Gasteiger partial charge in [0.15, 0.2) is 0 Å². The minimum absolute atomic E-state index is 0.161. The molecule has 1 N–H and O–H groups in total. The highest BCUT2D eigenvalue weighted by Gasteiger charge is 2.28. The molecule has 19 heavy (non-hydrogen) atoms. The first-order chi connectivity index (χ1) is 9.17. The minimum atomic E-state index is -3.53. The molecule has 0 atom stereocenters. The van der Waals surface area contributed by atoms with Crippen LogP contribution in [-0.4, -0.2) is 15.0 Å². The molecule has 0 saturated heterocycles. The number of anilines is 1. The molecular formula is C13H14N2O3S. The Balaban J connectivity index is 1.78. The molecule has 0 radical (unpaired) electrons. The van der Waals surface area contributed by atoms with Crippen molar-refractivity contribution in [3.8, 4) is 0 Å². The molecule has 100 valence electrons. The van der Waals surface area contributed by atoms with Crippen LogP contribution in [0.2, 0.25) is 0 Å². The predicted octanol–water partition coefficient (Wildman–Crippen LogP) is 1.68. The summed E-state index contributed by atoms with van der Waals surface area (Å²) in [5.74, 6) is 0.594. The standard InChI is InChI=1S/C13H14N2O3S/c16-19(17,14-10-12-5-3-9-18-12)15-8-7-11-4-1-2-6-13(11)15/h1-6,9,14H,7-8,10H2. The third-order valence-corrected chi connectivity index (χ3v) is 4.61. The van der Waals surface area contributed by atoms with Crippen LogP contribution in [0.25, 0.3) is 0 Å². The first-order valence-corrected chi connectivity index (χ1v) is 7.48. The van der Waals surface area contributed by atoms with E-state index in [0.29, 0.717) is 12.3 Å². The van der Waals surface area contributed by atoms with Crippen LogP contribution in [0.3, 0.4) is 0 Å². The monoisotopic (exact) mass is 278 g/mol. The lowest BCUT2D eigenvalue weighted by Gasteiger charge is -2.19. The Labute approximate surface area is 112 Å². The van der Waals surface area contributed by atoms with Crippen LogP contribution in [0.1, 0.15) is 11.3 Å². The number of rotatable bonds is 4. The first kappa shape index (κ1) is 12.3. The van der Waals surface area contributed by atoms with Crippen molar-refractivity contribution in [1.29, 1.82) is 0 Å². The number of hydrogen-bond acceptors (Lipinski definition) is 3. The smallest absolute Gasteiger partial charge is 0.301 e. The summed E-state index contributed by atoms with van der Waals surface area (Å²) in [5.41, 5.74) is 1.82. The Kier molecular flexibility index (Phi) is 3.04. The van der Waals surface area contributed by atoms with Crippen molar-refractivity contribution < 1.29 is 12.8 Å². The fourth-order valence-electron chi connectivity index (χ4n) is 2.21. The minimum Gasteiger partial charge on any atom is -0.468 e. The summed E-state index contributed by atoms with van der Waals surface area (Å²) in [7, 11) is -3.53. The molecule has 0 spiro atoms. The van der Waals surface area contributed by atoms with E-state index in [1.807, 2.05) is 24.3 Å². The highest BCUT2D eigenvalue weighted by molar-refractivity contribution is 7.90. The van der Waals surface area contributed by atoms with Gasteiger partial charge in [-0.05, 0) is 30.2 Å². The fourth-order valence-corrected chi connectivity index (χ4v) is 3.46. The van der Waals surface area contributed by atoms with Gasteiger partial charge in [-0.15, -0.1) is 0 Å². The molecule has 6 heteroatoms. The van der Waals surface area contributed by atoms with Crippen molar-refractivity contribution in [2.24, 2.45) is 0 Å². The van der Waals surface area contributed by atoms with Crippen LogP contribution < -0.4 is 9.03 Å². The predicted molar refractivity (Wildman–Crippen MR) is 72.0 cm³/mol. The molecule has 0 bridgehead atoms. The van der Waals surface area contributed by atoms with Gasteiger partial charge in [-0.2, -0.15) is 13.1 Å². The van der Waals surface area contributed by atoms with Gasteiger partial charge in [0.1, 0.15) is 5.76 Å². The summed E-state index contributed by atoms with van der Waals surface area (Å²) in [5, 5.41) is 0. The maximum Gasteiger partial charge on any atom is 0.301 e. The number of furan rings is 1. The molecule has 0 aliphatic carbocycles. The number of nitrogens with one attached hydrogen (secondary N) is 1. The number of benzene rings is 1. The molecule has 5 nitrogen and oxygen atoms in total. The molecule has 0 unspecified atom stereocenters. The van der Waals surface area contributed by atoms with E-state index in [2.05, 4.69) is 4.72 Å². The molecule has 1 aromatic carbocycles. The highest BCUT2D eigenvalue weighted by atomic mass is 32.2. The summed E-state index contributed by atoms with van der Waals surface area (Å²) >= 11 is 0. The van der Waals surface area contributed by atoms with E-state index < -0.39 is 10.2 Å². The second-order valence-corrected chi connectivity index (χ2v) is 6.04. The van der Waals surface area contributed by atoms with Crippen molar-refractivity contribution in [3.05, 3.63) is 54.0 Å². The summed E-state index contributed by atoms with van der Waals surface area (Å²) in [6.45, 7) is 0.640. The van der Waals surface area contributed by atoms with Gasteiger partial charge in [-0.25, -0.2) is 0 Å². The lowest BCUT2D eigenvalue weighted by molar-refractivity contribution is 0.498. The van der Waals surface area contributed by atoms with E-state index in [9.17, 15) is 8.42 Å². The molecule has 0 fully saturated rings. The Bertz CT molecular complexity index is 665. The maximum absolute atomic E-state index is 12.3. The fraction of sp³-hybridized carbons (Fsp3) is 0.231. The van der Waals surface area contributed by atoms with Crippen molar-refractivity contribution >= 4 is 15.9 Å². The molecule has 1 aromatic heterocycles. The molecular weight excluding hydrogens is 264 g/mol. The van der Waals surface area contributed by atoms with E-state index in [1.54, 1.807) is 12.1 Å². The van der Waals surface area contributed by atoms with Crippen LogP contribution in [0.15, 0.2) is 47.1 Å². The summed E-state index contributed by atoms with van der Waals surface area (Å²) in [6.07, 6.45) is 2.27. The van der Waals surface area contributed by atoms with Crippen molar-refractivity contribution in [2.75, 3.05) is 10.8 Å². The van der Waals surface area contributed by atoms with Gasteiger partial charge in [-0.3, -0.25) is 4.31 Å². The third kappa shape index (κ3) is 2.36. The zero-order chi connectivity index (χ0) is 13.3. The second kappa shape index (κ2) is 4.71. The Morgan fingerprint density at radius 3 is 2.84 bits per heavy atom. The van der Waals surface area contributed by atoms with Gasteiger partial charge in [0, 0.05) is 6.54 Å². The number of para-hydroxylation sites is 1. The summed E-state index contributed by atoms with van der Waals surface area (Å²) in [6, 6.07) is 11.0. The van der Waals surface area contributed by atoms with Gasteiger partial charge in [0.05, 0.1) is 18.5 Å². The molecule has 2 heterocycles. The molecule has 0 amide bonds. The van der Waals surface area contributed by atoms with Crippen LogP contribution in [0.5, 0.6) is 0 Å². The van der Waals surface area contributed by atoms with Gasteiger partial charge >= 0.3 is 10.2 Å². The van der Waals surface area contributed by atoms with Crippen molar-refractivity contribution in [1.82, 2.24) is 4.72 Å². The molecule has 0 saturated carbocycles. The van der Waals surface area contributed by atoms with E-state index in [4.69, 9.17) is 4.42 Å². The van der Waals surface area contributed by atoms with E-state index >= 15 is 0 Å². The van der Waals surface area contributed by atoms with Crippen LogP contribution in [0, 0.1) is 0 Å². The van der Waals surface area contributed by atoms with Gasteiger partial charge in [0.2, 0.25) is 0 Å². The summed E-state index contributed by atoms with van der Waals surface area (Å²) in [4.78, 5) is 0. The quantitative estimate of drug-likeness (QED) is 0.925. The van der Waals surface area contributed by atoms with Crippen molar-refractivity contribution in [2.45, 2.75) is 13.0 Å². The lowest BCUT2D eigenvalue weighted by Crippen LogP contribution is -2.39. The molecule has 1 aliphatic heterocycles. The Morgan fingerprint density at radius 2 is 2.05 bits per heavy atom. The van der Waals surface area contributed by atoms with Crippen LogP contribution >= 0.6 is 0 Å². The molecule has 1 aliphatic rings. The zero-order valence-electron chi connectivity index (χ0n) is 10.2. The van der Waals surface area contributed by atoms with E-state index in [-0.39, 0.29) is 6.54 Å². The molecule has 2 aromatic rings. The maximum atomic E-state index is 12.3. The highest BCUT2D eigenvalue weighted by Crippen LogP contribution is 2.29. The van der Waals surface area contributed by atoms with E-state index in [1.165, 1.54) is 10.6 Å². The van der Waals surface area contributed by atoms with Crippen molar-refractivity contribution in [3.63, 3.8) is 0 Å². The van der Waals surface area contributed by atoms with Gasteiger partial charge in [0.25, 0.3) is 0 Å². The van der Waals surface area contributed by atoms with Crippen LogP contribution in [-0.2, 0) is 23.2 Å².